The number of hydrogen-bond donors (Lipinski definition) is 1. The highest BCUT2D eigenvalue weighted by Crippen LogP contribution is 2.40. The van der Waals surface area contributed by atoms with Gasteiger partial charge in [0.05, 0.1) is 16.7 Å². The molecule has 1 fully saturated rings. The van der Waals surface area contributed by atoms with Crippen LogP contribution >= 0.6 is 0 Å². The Bertz CT molecular complexity index is 1330. The lowest BCUT2D eigenvalue weighted by atomic mass is 10.1. The summed E-state index contributed by atoms with van der Waals surface area (Å²) in [7, 11) is 0. The van der Waals surface area contributed by atoms with E-state index in [1.807, 2.05) is 59.2 Å². The van der Waals surface area contributed by atoms with Crippen LogP contribution in [0.25, 0.3) is 22.3 Å². The number of pyridine rings is 1. The summed E-state index contributed by atoms with van der Waals surface area (Å²) in [4.78, 5) is 22.3. The van der Waals surface area contributed by atoms with Gasteiger partial charge in [0.2, 0.25) is 5.91 Å². The zero-order valence-corrected chi connectivity index (χ0v) is 17.5. The number of nitrogens with one attached hydrogen (secondary N) is 1. The van der Waals surface area contributed by atoms with E-state index >= 15 is 0 Å². The number of fused-ring (bicyclic) bond motifs is 2. The zero-order valence-electron chi connectivity index (χ0n) is 17.5. The number of carbonyl (C=O) groups is 1. The van der Waals surface area contributed by atoms with Crippen LogP contribution in [0.5, 0.6) is 11.5 Å². The van der Waals surface area contributed by atoms with Crippen molar-refractivity contribution in [2.45, 2.75) is 25.3 Å². The summed E-state index contributed by atoms with van der Waals surface area (Å²) >= 11 is 0. The second-order valence-corrected chi connectivity index (χ2v) is 8.13. The van der Waals surface area contributed by atoms with E-state index in [1.54, 1.807) is 6.07 Å². The van der Waals surface area contributed by atoms with Crippen LogP contribution in [0.3, 0.4) is 0 Å². The van der Waals surface area contributed by atoms with Crippen molar-refractivity contribution in [3.8, 4) is 22.8 Å². The number of nitrogens with zero attached hydrogens (tertiary/aromatic N) is 3. The summed E-state index contributed by atoms with van der Waals surface area (Å²) in [6.45, 7) is 1.30. The third-order valence-corrected chi connectivity index (χ3v) is 5.78. The first kappa shape index (κ1) is 18.9. The lowest BCUT2D eigenvalue weighted by molar-refractivity contribution is -0.116. The molecule has 6 rings (SSSR count). The standard InChI is InChI=1S/C25H22N4O3/c30-24(15-29-20-6-2-1-4-19(20)27-25(29)16-8-9-16)28-23-7-3-5-18(26-23)17-10-11-21-22(14-17)32-13-12-31-21/h1-7,10-11,14,16H,8-9,12-13,15H2,(H,26,28,30). The summed E-state index contributed by atoms with van der Waals surface area (Å²) in [6.07, 6.45) is 2.26. The molecular formula is C25H22N4O3. The van der Waals surface area contributed by atoms with E-state index < -0.39 is 0 Å². The minimum atomic E-state index is -0.123. The molecule has 7 heteroatoms. The first-order valence-electron chi connectivity index (χ1n) is 10.9. The summed E-state index contributed by atoms with van der Waals surface area (Å²) in [5.41, 5.74) is 3.58. The number of benzene rings is 2. The number of aromatic nitrogens is 3. The second kappa shape index (κ2) is 7.67. The maximum atomic E-state index is 12.9. The molecule has 0 bridgehead atoms. The number of hydrogen-bond acceptors (Lipinski definition) is 5. The Morgan fingerprint density at radius 3 is 2.69 bits per heavy atom. The predicted octanol–water partition coefficient (Wildman–Crippen LogP) is 4.39. The average molecular weight is 426 g/mol. The number of anilines is 1. The Labute approximate surface area is 185 Å². The molecule has 0 unspecified atom stereocenters. The summed E-state index contributed by atoms with van der Waals surface area (Å²) in [5, 5.41) is 2.95. The van der Waals surface area contributed by atoms with Gasteiger partial charge in [-0.05, 0) is 55.3 Å². The normalized spacial score (nSPS) is 15.0. The molecule has 2 aromatic heterocycles. The maximum absolute atomic E-state index is 12.9. The van der Waals surface area contributed by atoms with Gasteiger partial charge in [0.1, 0.15) is 31.4 Å². The molecule has 1 amide bonds. The van der Waals surface area contributed by atoms with Gasteiger partial charge in [-0.1, -0.05) is 18.2 Å². The minimum absolute atomic E-state index is 0.123. The third kappa shape index (κ3) is 3.56. The van der Waals surface area contributed by atoms with Crippen LogP contribution in [0.15, 0.2) is 60.7 Å². The lowest BCUT2D eigenvalue weighted by Crippen LogP contribution is -2.20. The van der Waals surface area contributed by atoms with E-state index in [9.17, 15) is 4.79 Å². The molecule has 2 aliphatic rings. The zero-order chi connectivity index (χ0) is 21.5. The van der Waals surface area contributed by atoms with Gasteiger partial charge in [-0.3, -0.25) is 4.79 Å². The molecule has 1 aliphatic carbocycles. The summed E-state index contributed by atoms with van der Waals surface area (Å²) in [6, 6.07) is 19.3. The minimum Gasteiger partial charge on any atom is -0.486 e. The largest absolute Gasteiger partial charge is 0.486 e. The molecule has 1 saturated carbocycles. The van der Waals surface area contributed by atoms with E-state index in [0.29, 0.717) is 30.7 Å². The molecule has 0 radical (unpaired) electrons. The maximum Gasteiger partial charge on any atom is 0.245 e. The summed E-state index contributed by atoms with van der Waals surface area (Å²) < 4.78 is 13.3. The van der Waals surface area contributed by atoms with Crippen molar-refractivity contribution in [3.05, 3.63) is 66.5 Å². The Balaban J connectivity index is 1.23. The van der Waals surface area contributed by atoms with Crippen molar-refractivity contribution in [2.24, 2.45) is 0 Å². The van der Waals surface area contributed by atoms with Crippen molar-refractivity contribution in [2.75, 3.05) is 18.5 Å². The van der Waals surface area contributed by atoms with E-state index in [2.05, 4.69) is 10.3 Å². The van der Waals surface area contributed by atoms with Crippen molar-refractivity contribution < 1.29 is 14.3 Å². The first-order chi connectivity index (χ1) is 15.7. The van der Waals surface area contributed by atoms with Crippen molar-refractivity contribution in [1.29, 1.82) is 0 Å². The SMILES string of the molecule is O=C(Cn1c(C2CC2)nc2ccccc21)Nc1cccc(-c2ccc3c(c2)OCCO3)n1. The Hall–Kier alpha value is -3.87. The van der Waals surface area contributed by atoms with Gasteiger partial charge in [-0.25, -0.2) is 9.97 Å². The molecule has 0 atom stereocenters. The van der Waals surface area contributed by atoms with Crippen molar-refractivity contribution in [3.63, 3.8) is 0 Å². The van der Waals surface area contributed by atoms with Crippen molar-refractivity contribution >= 4 is 22.8 Å². The smallest absolute Gasteiger partial charge is 0.245 e. The van der Waals surface area contributed by atoms with Gasteiger partial charge in [0.15, 0.2) is 11.5 Å². The first-order valence-corrected chi connectivity index (χ1v) is 10.9. The van der Waals surface area contributed by atoms with Crippen LogP contribution < -0.4 is 14.8 Å². The topological polar surface area (TPSA) is 78.3 Å². The molecule has 0 spiro atoms. The van der Waals surface area contributed by atoms with E-state index in [-0.39, 0.29) is 12.5 Å². The number of amides is 1. The quantitative estimate of drug-likeness (QED) is 0.512. The Morgan fingerprint density at radius 1 is 0.969 bits per heavy atom. The molecule has 160 valence electrons. The number of rotatable bonds is 5. The second-order valence-electron chi connectivity index (χ2n) is 8.13. The van der Waals surface area contributed by atoms with Gasteiger partial charge in [-0.15, -0.1) is 0 Å². The summed E-state index contributed by atoms with van der Waals surface area (Å²) in [5.74, 6) is 3.29. The van der Waals surface area contributed by atoms with E-state index in [4.69, 9.17) is 14.5 Å². The number of imidazole rings is 1. The van der Waals surface area contributed by atoms with Crippen LogP contribution in [0.4, 0.5) is 5.82 Å². The number of carbonyl (C=O) groups excluding carboxylic acids is 1. The van der Waals surface area contributed by atoms with Gasteiger partial charge >= 0.3 is 0 Å². The molecule has 4 aromatic rings. The molecule has 3 heterocycles. The van der Waals surface area contributed by atoms with E-state index in [1.165, 1.54) is 0 Å². The lowest BCUT2D eigenvalue weighted by Gasteiger charge is -2.18. The van der Waals surface area contributed by atoms with Gasteiger partial charge in [0.25, 0.3) is 0 Å². The average Bonchev–Trinajstić information content (AvgIpc) is 3.61. The molecule has 1 N–H and O–H groups in total. The highest BCUT2D eigenvalue weighted by Gasteiger charge is 2.30. The molecule has 0 saturated heterocycles. The number of para-hydroxylation sites is 2. The fourth-order valence-electron chi connectivity index (χ4n) is 4.11. The Morgan fingerprint density at radius 2 is 1.81 bits per heavy atom. The highest BCUT2D eigenvalue weighted by molar-refractivity contribution is 5.91. The van der Waals surface area contributed by atoms with E-state index in [0.717, 1.165) is 46.7 Å². The highest BCUT2D eigenvalue weighted by atomic mass is 16.6. The van der Waals surface area contributed by atoms with Crippen LogP contribution in [-0.4, -0.2) is 33.7 Å². The van der Waals surface area contributed by atoms with Gasteiger partial charge < -0.3 is 19.4 Å². The predicted molar refractivity (Wildman–Crippen MR) is 121 cm³/mol. The van der Waals surface area contributed by atoms with Gasteiger partial charge in [0, 0.05) is 11.5 Å². The third-order valence-electron chi connectivity index (χ3n) is 5.78. The monoisotopic (exact) mass is 426 g/mol. The van der Waals surface area contributed by atoms with Crippen LogP contribution in [-0.2, 0) is 11.3 Å². The molecule has 2 aromatic carbocycles. The molecule has 7 nitrogen and oxygen atoms in total. The van der Waals surface area contributed by atoms with Crippen LogP contribution in [0.2, 0.25) is 0 Å². The van der Waals surface area contributed by atoms with Crippen molar-refractivity contribution in [1.82, 2.24) is 14.5 Å². The fraction of sp³-hybridized carbons (Fsp3) is 0.240. The fourth-order valence-corrected chi connectivity index (χ4v) is 4.11. The molecular weight excluding hydrogens is 404 g/mol. The molecule has 32 heavy (non-hydrogen) atoms. The van der Waals surface area contributed by atoms with Crippen LogP contribution in [0.1, 0.15) is 24.6 Å². The number of ether oxygens (including phenoxy) is 2. The Kier molecular flexibility index (Phi) is 4.52. The van der Waals surface area contributed by atoms with Crippen LogP contribution in [0, 0.1) is 0 Å². The van der Waals surface area contributed by atoms with Gasteiger partial charge in [-0.2, -0.15) is 0 Å². The molecule has 1 aliphatic heterocycles.